The van der Waals surface area contributed by atoms with Crippen LogP contribution in [0.4, 0.5) is 18.9 Å². The van der Waals surface area contributed by atoms with Crippen LogP contribution in [0.2, 0.25) is 5.02 Å². The maximum Gasteiger partial charge on any atom is 0.418 e. The number of rotatable bonds is 4. The van der Waals surface area contributed by atoms with E-state index in [1.165, 1.54) is 0 Å². The summed E-state index contributed by atoms with van der Waals surface area (Å²) in [6.07, 6.45) is -4.00. The van der Waals surface area contributed by atoms with E-state index in [0.717, 1.165) is 23.8 Å². The minimum absolute atomic E-state index is 0.0911. The predicted octanol–water partition coefficient (Wildman–Crippen LogP) is 4.93. The van der Waals surface area contributed by atoms with E-state index < -0.39 is 17.6 Å². The molecule has 0 radical (unpaired) electrons. The van der Waals surface area contributed by atoms with Gasteiger partial charge in [-0.1, -0.05) is 41.9 Å². The molecule has 2 aromatic rings. The molecule has 0 spiro atoms. The van der Waals surface area contributed by atoms with E-state index in [9.17, 15) is 18.0 Å². The van der Waals surface area contributed by atoms with Gasteiger partial charge in [0.05, 0.1) is 11.3 Å². The molecule has 0 aromatic heterocycles. The van der Waals surface area contributed by atoms with Crippen LogP contribution >= 0.6 is 11.6 Å². The number of alkyl halides is 3. The molecule has 116 valence electrons. The highest BCUT2D eigenvalue weighted by molar-refractivity contribution is 6.31. The van der Waals surface area contributed by atoms with E-state index in [1.807, 2.05) is 30.3 Å². The van der Waals surface area contributed by atoms with Crippen LogP contribution in [0.5, 0.6) is 0 Å². The summed E-state index contributed by atoms with van der Waals surface area (Å²) in [7, 11) is 0. The first kappa shape index (κ1) is 16.4. The standard InChI is InChI=1S/C16H13ClF3NO/c17-12-7-8-13(16(18,19)20)14(10-12)21-15(22)9-6-11-4-2-1-3-5-11/h1-5,7-8,10H,6,9H2,(H,21,22). The fraction of sp³-hybridized carbons (Fsp3) is 0.188. The van der Waals surface area contributed by atoms with Crippen molar-refractivity contribution in [1.82, 2.24) is 0 Å². The molecule has 0 bridgehead atoms. The van der Waals surface area contributed by atoms with Crippen molar-refractivity contribution < 1.29 is 18.0 Å². The topological polar surface area (TPSA) is 29.1 Å². The molecular weight excluding hydrogens is 315 g/mol. The largest absolute Gasteiger partial charge is 0.418 e. The van der Waals surface area contributed by atoms with Gasteiger partial charge in [-0.15, -0.1) is 0 Å². The lowest BCUT2D eigenvalue weighted by atomic mass is 10.1. The number of anilines is 1. The van der Waals surface area contributed by atoms with Crippen LogP contribution < -0.4 is 5.32 Å². The van der Waals surface area contributed by atoms with Gasteiger partial charge >= 0.3 is 6.18 Å². The first-order valence-electron chi connectivity index (χ1n) is 6.57. The lowest BCUT2D eigenvalue weighted by Crippen LogP contribution is -2.17. The molecule has 2 nitrogen and oxygen atoms in total. The zero-order valence-corrected chi connectivity index (χ0v) is 12.2. The Balaban J connectivity index is 2.06. The summed E-state index contributed by atoms with van der Waals surface area (Å²) in [4.78, 5) is 11.9. The SMILES string of the molecule is O=C(CCc1ccccc1)Nc1cc(Cl)ccc1C(F)(F)F. The zero-order valence-electron chi connectivity index (χ0n) is 11.5. The molecular formula is C16H13ClF3NO. The van der Waals surface area contributed by atoms with E-state index in [4.69, 9.17) is 11.6 Å². The van der Waals surface area contributed by atoms with Crippen molar-refractivity contribution in [3.05, 3.63) is 64.7 Å². The van der Waals surface area contributed by atoms with E-state index in [0.29, 0.717) is 6.42 Å². The molecule has 2 aromatic carbocycles. The quantitative estimate of drug-likeness (QED) is 0.847. The summed E-state index contributed by atoms with van der Waals surface area (Å²) in [6.45, 7) is 0. The Kier molecular flexibility index (Phi) is 5.08. The number of amides is 1. The maximum absolute atomic E-state index is 12.9. The number of carbonyl (C=O) groups is 1. The van der Waals surface area contributed by atoms with Gasteiger partial charge in [0.2, 0.25) is 5.91 Å². The molecule has 6 heteroatoms. The Bertz CT molecular complexity index is 656. The molecule has 0 atom stereocenters. The predicted molar refractivity (Wildman–Crippen MR) is 79.8 cm³/mol. The van der Waals surface area contributed by atoms with Gasteiger partial charge in [0.25, 0.3) is 0 Å². The monoisotopic (exact) mass is 327 g/mol. The highest BCUT2D eigenvalue weighted by Crippen LogP contribution is 2.36. The van der Waals surface area contributed by atoms with Gasteiger partial charge in [-0.2, -0.15) is 13.2 Å². The molecule has 22 heavy (non-hydrogen) atoms. The van der Waals surface area contributed by atoms with Gasteiger partial charge in [0.1, 0.15) is 0 Å². The summed E-state index contributed by atoms with van der Waals surface area (Å²) in [6, 6.07) is 12.3. The lowest BCUT2D eigenvalue weighted by molar-refractivity contribution is -0.137. The van der Waals surface area contributed by atoms with E-state index in [-0.39, 0.29) is 17.1 Å². The first-order chi connectivity index (χ1) is 10.4. The zero-order chi connectivity index (χ0) is 16.2. The van der Waals surface area contributed by atoms with Crippen molar-refractivity contribution in [3.8, 4) is 0 Å². The van der Waals surface area contributed by atoms with Crippen molar-refractivity contribution in [2.75, 3.05) is 5.32 Å². The number of carbonyl (C=O) groups excluding carboxylic acids is 1. The number of hydrogen-bond donors (Lipinski definition) is 1. The van der Waals surface area contributed by atoms with E-state index >= 15 is 0 Å². The number of aryl methyl sites for hydroxylation is 1. The van der Waals surface area contributed by atoms with Crippen LogP contribution in [-0.2, 0) is 17.4 Å². The number of nitrogens with one attached hydrogen (secondary N) is 1. The van der Waals surface area contributed by atoms with E-state index in [1.54, 1.807) is 0 Å². The molecule has 0 heterocycles. The third-order valence-electron chi connectivity index (χ3n) is 3.04. The summed E-state index contributed by atoms with van der Waals surface area (Å²) < 4.78 is 38.7. The second kappa shape index (κ2) is 6.83. The third-order valence-corrected chi connectivity index (χ3v) is 3.28. The second-order valence-electron chi connectivity index (χ2n) is 4.72. The fourth-order valence-corrected chi connectivity index (χ4v) is 2.15. The Hall–Kier alpha value is -2.01. The molecule has 0 aliphatic heterocycles. The molecule has 0 unspecified atom stereocenters. The normalized spacial score (nSPS) is 11.3. The minimum Gasteiger partial charge on any atom is -0.325 e. The maximum atomic E-state index is 12.9. The van der Waals surface area contributed by atoms with Gasteiger partial charge in [-0.25, -0.2) is 0 Å². The molecule has 1 N–H and O–H groups in total. The summed E-state index contributed by atoms with van der Waals surface area (Å²) in [5.74, 6) is -0.489. The van der Waals surface area contributed by atoms with Gasteiger partial charge < -0.3 is 5.32 Å². The molecule has 0 aliphatic rings. The van der Waals surface area contributed by atoms with Gasteiger partial charge in [0, 0.05) is 11.4 Å². The van der Waals surface area contributed by atoms with Crippen LogP contribution in [0, 0.1) is 0 Å². The van der Waals surface area contributed by atoms with Gasteiger partial charge in [-0.05, 0) is 30.2 Å². The van der Waals surface area contributed by atoms with Crippen molar-refractivity contribution >= 4 is 23.2 Å². The highest BCUT2D eigenvalue weighted by atomic mass is 35.5. The number of halogens is 4. The van der Waals surface area contributed by atoms with E-state index in [2.05, 4.69) is 5.32 Å². The van der Waals surface area contributed by atoms with Crippen LogP contribution in [0.25, 0.3) is 0 Å². The highest BCUT2D eigenvalue weighted by Gasteiger charge is 2.33. The molecule has 0 saturated carbocycles. The van der Waals surface area contributed by atoms with Crippen molar-refractivity contribution in [2.45, 2.75) is 19.0 Å². The fourth-order valence-electron chi connectivity index (χ4n) is 1.98. The Morgan fingerprint density at radius 2 is 1.77 bits per heavy atom. The van der Waals surface area contributed by atoms with Crippen molar-refractivity contribution in [2.24, 2.45) is 0 Å². The molecule has 0 fully saturated rings. The number of benzene rings is 2. The summed E-state index contributed by atoms with van der Waals surface area (Å²) in [5.41, 5.74) is -0.289. The molecule has 0 aliphatic carbocycles. The average molecular weight is 328 g/mol. The Labute approximate surface area is 130 Å². The second-order valence-corrected chi connectivity index (χ2v) is 5.16. The van der Waals surface area contributed by atoms with Gasteiger partial charge in [-0.3, -0.25) is 4.79 Å². The summed E-state index contributed by atoms with van der Waals surface area (Å²) >= 11 is 5.70. The Morgan fingerprint density at radius 3 is 2.41 bits per heavy atom. The molecule has 0 saturated heterocycles. The minimum atomic E-state index is -4.55. The van der Waals surface area contributed by atoms with Crippen molar-refractivity contribution in [1.29, 1.82) is 0 Å². The van der Waals surface area contributed by atoms with Crippen LogP contribution in [0.15, 0.2) is 48.5 Å². The third kappa shape index (κ3) is 4.49. The lowest BCUT2D eigenvalue weighted by Gasteiger charge is -2.14. The Morgan fingerprint density at radius 1 is 1.09 bits per heavy atom. The molecule has 1 amide bonds. The number of hydrogen-bond acceptors (Lipinski definition) is 1. The van der Waals surface area contributed by atoms with Crippen LogP contribution in [0.3, 0.4) is 0 Å². The first-order valence-corrected chi connectivity index (χ1v) is 6.94. The van der Waals surface area contributed by atoms with Crippen LogP contribution in [0.1, 0.15) is 17.5 Å². The van der Waals surface area contributed by atoms with Crippen molar-refractivity contribution in [3.63, 3.8) is 0 Å². The van der Waals surface area contributed by atoms with Gasteiger partial charge in [0.15, 0.2) is 0 Å². The smallest absolute Gasteiger partial charge is 0.325 e. The average Bonchev–Trinajstić information content (AvgIpc) is 2.45. The molecule has 2 rings (SSSR count). The summed E-state index contributed by atoms with van der Waals surface area (Å²) in [5, 5.41) is 2.42. The van der Waals surface area contributed by atoms with Crippen LogP contribution in [-0.4, -0.2) is 5.91 Å².